The maximum atomic E-state index is 12.1. The van der Waals surface area contributed by atoms with Crippen LogP contribution in [-0.4, -0.2) is 33.8 Å². The first-order chi connectivity index (χ1) is 7.62. The minimum atomic E-state index is -0.294. The number of hydrogen-bond acceptors (Lipinski definition) is 4. The van der Waals surface area contributed by atoms with E-state index in [1.54, 1.807) is 11.7 Å². The molecule has 0 unspecified atom stereocenters. The number of carbonyl (C=O) groups is 1. The van der Waals surface area contributed by atoms with Gasteiger partial charge >= 0.3 is 0 Å². The monoisotopic (exact) mass is 223 g/mol. The predicted molar refractivity (Wildman–Crippen MR) is 59.8 cm³/mol. The van der Waals surface area contributed by atoms with Crippen LogP contribution >= 0.6 is 0 Å². The molecule has 88 valence electrons. The van der Waals surface area contributed by atoms with Crippen LogP contribution in [0.1, 0.15) is 19.8 Å². The topological polar surface area (TPSA) is 71.8 Å². The van der Waals surface area contributed by atoms with Gasteiger partial charge in [-0.1, -0.05) is 6.92 Å². The Hall–Kier alpha value is -1.43. The molecule has 2 heterocycles. The van der Waals surface area contributed by atoms with Crippen molar-refractivity contribution in [1.29, 1.82) is 0 Å². The number of aryl methyl sites for hydroxylation is 1. The van der Waals surface area contributed by atoms with Crippen LogP contribution in [0.3, 0.4) is 0 Å². The van der Waals surface area contributed by atoms with Gasteiger partial charge in [0.05, 0.1) is 0 Å². The van der Waals surface area contributed by atoms with Crippen LogP contribution in [0.2, 0.25) is 0 Å². The fraction of sp³-hybridized carbons (Fsp3) is 0.700. The van der Waals surface area contributed by atoms with Gasteiger partial charge in [-0.05, 0) is 25.9 Å². The molecule has 16 heavy (non-hydrogen) atoms. The van der Waals surface area contributed by atoms with E-state index in [2.05, 4.69) is 20.7 Å². The van der Waals surface area contributed by atoms with Crippen molar-refractivity contribution in [2.45, 2.75) is 19.8 Å². The van der Waals surface area contributed by atoms with Gasteiger partial charge in [0.1, 0.15) is 6.33 Å². The van der Waals surface area contributed by atoms with Crippen molar-refractivity contribution in [1.82, 2.24) is 20.1 Å². The quantitative estimate of drug-likeness (QED) is 0.748. The summed E-state index contributed by atoms with van der Waals surface area (Å²) in [7, 11) is 1.76. The average molecular weight is 223 g/mol. The normalized spacial score (nSPS) is 19.4. The summed E-state index contributed by atoms with van der Waals surface area (Å²) in [5.41, 5.74) is -0.294. The van der Waals surface area contributed by atoms with E-state index in [1.165, 1.54) is 6.33 Å². The lowest BCUT2D eigenvalue weighted by molar-refractivity contribution is -0.126. The molecule has 2 N–H and O–H groups in total. The van der Waals surface area contributed by atoms with Crippen molar-refractivity contribution in [3.8, 4) is 0 Å². The molecule has 1 fully saturated rings. The van der Waals surface area contributed by atoms with Gasteiger partial charge in [-0.3, -0.25) is 10.1 Å². The van der Waals surface area contributed by atoms with E-state index in [9.17, 15) is 4.79 Å². The Morgan fingerprint density at radius 1 is 1.56 bits per heavy atom. The molecule has 0 saturated carbocycles. The van der Waals surface area contributed by atoms with Gasteiger partial charge in [-0.2, -0.15) is 10.1 Å². The molecule has 0 radical (unpaired) electrons. The molecule has 1 amide bonds. The molecule has 0 atom stereocenters. The van der Waals surface area contributed by atoms with E-state index >= 15 is 0 Å². The number of rotatable bonds is 2. The summed E-state index contributed by atoms with van der Waals surface area (Å²) in [6, 6.07) is 0. The highest BCUT2D eigenvalue weighted by molar-refractivity contribution is 5.93. The molecule has 0 spiro atoms. The smallest absolute Gasteiger partial charge is 0.232 e. The van der Waals surface area contributed by atoms with E-state index in [-0.39, 0.29) is 11.3 Å². The second-order valence-corrected chi connectivity index (χ2v) is 4.47. The second-order valence-electron chi connectivity index (χ2n) is 4.47. The van der Waals surface area contributed by atoms with Gasteiger partial charge in [-0.25, -0.2) is 4.68 Å². The minimum absolute atomic E-state index is 0.0325. The Morgan fingerprint density at radius 2 is 2.25 bits per heavy atom. The van der Waals surface area contributed by atoms with Gasteiger partial charge < -0.3 is 5.32 Å². The number of amides is 1. The summed E-state index contributed by atoms with van der Waals surface area (Å²) in [4.78, 5) is 16.1. The lowest BCUT2D eigenvalue weighted by atomic mass is 9.80. The van der Waals surface area contributed by atoms with E-state index in [4.69, 9.17) is 0 Å². The van der Waals surface area contributed by atoms with Gasteiger partial charge in [-0.15, -0.1) is 0 Å². The van der Waals surface area contributed by atoms with Crippen LogP contribution in [0.5, 0.6) is 0 Å². The van der Waals surface area contributed by atoms with E-state index in [0.29, 0.717) is 5.95 Å². The van der Waals surface area contributed by atoms with Crippen molar-refractivity contribution < 1.29 is 4.79 Å². The van der Waals surface area contributed by atoms with Gasteiger partial charge in [0.25, 0.3) is 0 Å². The third kappa shape index (κ3) is 2.06. The molecule has 6 nitrogen and oxygen atoms in total. The Kier molecular flexibility index (Phi) is 2.91. The van der Waals surface area contributed by atoms with Crippen molar-refractivity contribution >= 4 is 11.9 Å². The Labute approximate surface area is 94.4 Å². The highest BCUT2D eigenvalue weighted by atomic mass is 16.2. The maximum absolute atomic E-state index is 12.1. The van der Waals surface area contributed by atoms with E-state index < -0.39 is 0 Å². The first-order valence-electron chi connectivity index (χ1n) is 5.48. The summed E-state index contributed by atoms with van der Waals surface area (Å²) in [6.07, 6.45) is 3.15. The summed E-state index contributed by atoms with van der Waals surface area (Å²) in [5.74, 6) is 0.537. The molecular formula is C10H17N5O. The zero-order valence-electron chi connectivity index (χ0n) is 9.66. The van der Waals surface area contributed by atoms with Crippen LogP contribution < -0.4 is 10.6 Å². The lowest BCUT2D eigenvalue weighted by Crippen LogP contribution is -2.43. The largest absolute Gasteiger partial charge is 0.317 e. The number of anilines is 1. The molecule has 1 aromatic rings. The molecule has 1 aliphatic rings. The summed E-state index contributed by atoms with van der Waals surface area (Å²) >= 11 is 0. The number of nitrogens with zero attached hydrogens (tertiary/aromatic N) is 3. The van der Waals surface area contributed by atoms with Crippen LogP contribution in [0, 0.1) is 5.41 Å². The molecule has 0 bridgehead atoms. The molecular weight excluding hydrogens is 206 g/mol. The standard InChI is InChI=1S/C10H17N5O/c1-10(3-5-11-6-4-10)8(16)14-9-12-7-13-15(9)2/h7,11H,3-6H2,1-2H3,(H,12,13,14,16). The highest BCUT2D eigenvalue weighted by Crippen LogP contribution is 2.29. The third-order valence-corrected chi connectivity index (χ3v) is 3.19. The number of nitrogens with one attached hydrogen (secondary N) is 2. The molecule has 1 aromatic heterocycles. The molecule has 6 heteroatoms. The van der Waals surface area contributed by atoms with Gasteiger partial charge in [0, 0.05) is 12.5 Å². The highest BCUT2D eigenvalue weighted by Gasteiger charge is 2.35. The van der Waals surface area contributed by atoms with Gasteiger partial charge in [0.15, 0.2) is 0 Å². The first kappa shape index (κ1) is 11.1. The predicted octanol–water partition coefficient (Wildman–Crippen LogP) is 0.143. The second kappa shape index (κ2) is 4.21. The first-order valence-corrected chi connectivity index (χ1v) is 5.48. The van der Waals surface area contributed by atoms with Crippen molar-refractivity contribution in [2.75, 3.05) is 18.4 Å². The minimum Gasteiger partial charge on any atom is -0.317 e. The van der Waals surface area contributed by atoms with Gasteiger partial charge in [0.2, 0.25) is 11.9 Å². The fourth-order valence-corrected chi connectivity index (χ4v) is 1.87. The number of aromatic nitrogens is 3. The summed E-state index contributed by atoms with van der Waals surface area (Å²) in [5, 5.41) is 9.99. The van der Waals surface area contributed by atoms with Crippen LogP contribution in [0.4, 0.5) is 5.95 Å². The Morgan fingerprint density at radius 3 is 2.81 bits per heavy atom. The van der Waals surface area contributed by atoms with Crippen LogP contribution in [0.15, 0.2) is 6.33 Å². The number of piperidine rings is 1. The zero-order valence-corrected chi connectivity index (χ0v) is 9.66. The summed E-state index contributed by atoms with van der Waals surface area (Å²) < 4.78 is 1.56. The van der Waals surface area contributed by atoms with Crippen molar-refractivity contribution in [2.24, 2.45) is 12.5 Å². The van der Waals surface area contributed by atoms with Crippen LogP contribution in [0.25, 0.3) is 0 Å². The fourth-order valence-electron chi connectivity index (χ4n) is 1.87. The molecule has 1 saturated heterocycles. The van der Waals surface area contributed by atoms with Crippen LogP contribution in [-0.2, 0) is 11.8 Å². The van der Waals surface area contributed by atoms with E-state index in [0.717, 1.165) is 25.9 Å². The average Bonchev–Trinajstić information content (AvgIpc) is 2.65. The molecule has 0 aromatic carbocycles. The Balaban J connectivity index is 2.05. The van der Waals surface area contributed by atoms with Crippen molar-refractivity contribution in [3.05, 3.63) is 6.33 Å². The summed E-state index contributed by atoms with van der Waals surface area (Å²) in [6.45, 7) is 3.78. The Bertz CT molecular complexity index is 380. The number of carbonyl (C=O) groups excluding carboxylic acids is 1. The third-order valence-electron chi connectivity index (χ3n) is 3.19. The zero-order chi connectivity index (χ0) is 11.6. The molecule has 2 rings (SSSR count). The SMILES string of the molecule is Cn1ncnc1NC(=O)C1(C)CCNCC1. The number of hydrogen-bond donors (Lipinski definition) is 2. The van der Waals surface area contributed by atoms with Crippen molar-refractivity contribution in [3.63, 3.8) is 0 Å². The molecule has 0 aliphatic carbocycles. The van der Waals surface area contributed by atoms with E-state index in [1.807, 2.05) is 6.92 Å². The lowest BCUT2D eigenvalue weighted by Gasteiger charge is -2.32. The maximum Gasteiger partial charge on any atom is 0.232 e. The molecule has 1 aliphatic heterocycles.